The number of halogens is 1. The first-order valence-electron chi connectivity index (χ1n) is 8.26. The molecule has 2 heterocycles. The summed E-state index contributed by atoms with van der Waals surface area (Å²) in [6.07, 6.45) is 2.02. The van der Waals surface area contributed by atoms with Gasteiger partial charge >= 0.3 is 0 Å². The van der Waals surface area contributed by atoms with Gasteiger partial charge in [-0.2, -0.15) is 5.26 Å². The zero-order chi connectivity index (χ0) is 19.4. The molecule has 0 unspecified atom stereocenters. The van der Waals surface area contributed by atoms with E-state index in [0.717, 1.165) is 0 Å². The first kappa shape index (κ1) is 18.7. The second-order valence-corrected chi connectivity index (χ2v) is 6.91. The van der Waals surface area contributed by atoms with Gasteiger partial charge in [0.2, 0.25) is 5.91 Å². The molecular weight excluding hydrogens is 369 g/mol. The lowest BCUT2D eigenvalue weighted by Crippen LogP contribution is -2.31. The van der Waals surface area contributed by atoms with Crippen LogP contribution in [0.4, 0.5) is 10.1 Å². The molecule has 0 bridgehead atoms. The summed E-state index contributed by atoms with van der Waals surface area (Å²) in [4.78, 5) is 26.6. The number of rotatable bonds is 5. The number of nitrogens with one attached hydrogen (secondary N) is 1. The SMILES string of the molecule is CC[C@H]1S/C(=C(\C#N)C(=O)NCc2ccco2)N(c2ccc(F)cc2)C1=O. The molecule has 1 atom stereocenters. The van der Waals surface area contributed by atoms with E-state index in [1.807, 2.05) is 13.0 Å². The van der Waals surface area contributed by atoms with Crippen LogP contribution in [0.1, 0.15) is 19.1 Å². The number of thioether (sulfide) groups is 1. The molecule has 3 rings (SSSR count). The molecule has 27 heavy (non-hydrogen) atoms. The summed E-state index contributed by atoms with van der Waals surface area (Å²) in [5, 5.41) is 12.0. The van der Waals surface area contributed by atoms with Crippen molar-refractivity contribution in [1.82, 2.24) is 5.32 Å². The van der Waals surface area contributed by atoms with E-state index < -0.39 is 17.0 Å². The van der Waals surface area contributed by atoms with Gasteiger partial charge < -0.3 is 9.73 Å². The van der Waals surface area contributed by atoms with Crippen molar-refractivity contribution in [2.24, 2.45) is 0 Å². The third-order valence-electron chi connectivity index (χ3n) is 3.96. The van der Waals surface area contributed by atoms with E-state index in [-0.39, 0.29) is 23.1 Å². The van der Waals surface area contributed by atoms with Crippen molar-refractivity contribution < 1.29 is 18.4 Å². The quantitative estimate of drug-likeness (QED) is 0.630. The molecule has 0 spiro atoms. The van der Waals surface area contributed by atoms with E-state index in [1.54, 1.807) is 12.1 Å². The topological polar surface area (TPSA) is 86.3 Å². The average Bonchev–Trinajstić information content (AvgIpc) is 3.29. The van der Waals surface area contributed by atoms with Crippen molar-refractivity contribution in [3.63, 3.8) is 0 Å². The highest BCUT2D eigenvalue weighted by atomic mass is 32.2. The Morgan fingerprint density at radius 1 is 1.37 bits per heavy atom. The van der Waals surface area contributed by atoms with E-state index in [9.17, 15) is 19.2 Å². The Morgan fingerprint density at radius 3 is 2.70 bits per heavy atom. The predicted octanol–water partition coefficient (Wildman–Crippen LogP) is 3.33. The lowest BCUT2D eigenvalue weighted by atomic mass is 10.2. The number of carbonyl (C=O) groups excluding carboxylic acids is 2. The molecule has 1 N–H and O–H groups in total. The highest BCUT2D eigenvalue weighted by Crippen LogP contribution is 2.41. The summed E-state index contributed by atoms with van der Waals surface area (Å²) in [5.41, 5.74) is 0.242. The van der Waals surface area contributed by atoms with E-state index in [4.69, 9.17) is 4.42 Å². The first-order valence-corrected chi connectivity index (χ1v) is 9.14. The maximum atomic E-state index is 13.3. The van der Waals surface area contributed by atoms with Crippen molar-refractivity contribution in [3.8, 4) is 6.07 Å². The van der Waals surface area contributed by atoms with Gasteiger partial charge in [0.15, 0.2) is 0 Å². The fraction of sp³-hybridized carbons (Fsp3) is 0.211. The zero-order valence-corrected chi connectivity index (χ0v) is 15.3. The minimum Gasteiger partial charge on any atom is -0.467 e. The van der Waals surface area contributed by atoms with Gasteiger partial charge in [-0.3, -0.25) is 14.5 Å². The summed E-state index contributed by atoms with van der Waals surface area (Å²) in [6, 6.07) is 10.6. The number of nitrogens with zero attached hydrogens (tertiary/aromatic N) is 2. The van der Waals surface area contributed by atoms with Crippen molar-refractivity contribution in [2.45, 2.75) is 25.1 Å². The Hall–Kier alpha value is -3.05. The van der Waals surface area contributed by atoms with Gasteiger partial charge in [-0.15, -0.1) is 0 Å². The number of amides is 2. The van der Waals surface area contributed by atoms with Gasteiger partial charge in [0.1, 0.15) is 28.2 Å². The van der Waals surface area contributed by atoms with Crippen LogP contribution in [-0.2, 0) is 16.1 Å². The summed E-state index contributed by atoms with van der Waals surface area (Å²) >= 11 is 1.17. The molecule has 1 aliphatic heterocycles. The van der Waals surface area contributed by atoms with Crippen LogP contribution in [0.5, 0.6) is 0 Å². The second kappa shape index (κ2) is 8.10. The Bertz CT molecular complexity index is 917. The van der Waals surface area contributed by atoms with E-state index in [1.165, 1.54) is 47.2 Å². The molecule has 1 aromatic carbocycles. The monoisotopic (exact) mass is 385 g/mol. The number of anilines is 1. The first-order chi connectivity index (χ1) is 13.0. The fourth-order valence-electron chi connectivity index (χ4n) is 2.61. The van der Waals surface area contributed by atoms with Gasteiger partial charge in [0, 0.05) is 5.69 Å². The Kier molecular flexibility index (Phi) is 5.62. The average molecular weight is 385 g/mol. The molecule has 8 heteroatoms. The van der Waals surface area contributed by atoms with Crippen molar-refractivity contribution in [1.29, 1.82) is 5.26 Å². The van der Waals surface area contributed by atoms with Crippen LogP contribution in [0.25, 0.3) is 0 Å². The number of nitriles is 1. The Morgan fingerprint density at radius 2 is 2.11 bits per heavy atom. The molecule has 0 aliphatic carbocycles. The summed E-state index contributed by atoms with van der Waals surface area (Å²) in [7, 11) is 0. The molecule has 1 saturated heterocycles. The molecule has 2 aromatic rings. The zero-order valence-electron chi connectivity index (χ0n) is 14.4. The largest absolute Gasteiger partial charge is 0.467 e. The van der Waals surface area contributed by atoms with Crippen LogP contribution in [0.2, 0.25) is 0 Å². The van der Waals surface area contributed by atoms with Crippen molar-refractivity contribution in [3.05, 3.63) is 64.8 Å². The van der Waals surface area contributed by atoms with E-state index in [2.05, 4.69) is 5.32 Å². The lowest BCUT2D eigenvalue weighted by Gasteiger charge is -2.18. The molecule has 1 fully saturated rings. The smallest absolute Gasteiger partial charge is 0.265 e. The van der Waals surface area contributed by atoms with Crippen LogP contribution < -0.4 is 10.2 Å². The van der Waals surface area contributed by atoms with Crippen LogP contribution in [-0.4, -0.2) is 17.1 Å². The van der Waals surface area contributed by atoms with Gasteiger partial charge in [0.25, 0.3) is 5.91 Å². The Labute approximate surface area is 159 Å². The maximum Gasteiger partial charge on any atom is 0.265 e. The number of benzene rings is 1. The van der Waals surface area contributed by atoms with Crippen molar-refractivity contribution in [2.75, 3.05) is 4.90 Å². The molecule has 1 aromatic heterocycles. The molecular formula is C19H16FN3O3S. The summed E-state index contributed by atoms with van der Waals surface area (Å²) < 4.78 is 18.4. The third kappa shape index (κ3) is 3.88. The van der Waals surface area contributed by atoms with E-state index >= 15 is 0 Å². The molecule has 0 saturated carbocycles. The minimum atomic E-state index is -0.604. The molecule has 1 aliphatic rings. The van der Waals surface area contributed by atoms with Gasteiger partial charge in [-0.25, -0.2) is 4.39 Å². The highest BCUT2D eigenvalue weighted by Gasteiger charge is 2.39. The lowest BCUT2D eigenvalue weighted by molar-refractivity contribution is -0.117. The van der Waals surface area contributed by atoms with Gasteiger partial charge in [-0.1, -0.05) is 18.7 Å². The number of hydrogen-bond donors (Lipinski definition) is 1. The number of furan rings is 1. The highest BCUT2D eigenvalue weighted by molar-refractivity contribution is 8.05. The normalized spacial score (nSPS) is 18.3. The van der Waals surface area contributed by atoms with Gasteiger partial charge in [0.05, 0.1) is 18.1 Å². The van der Waals surface area contributed by atoms with Crippen LogP contribution in [0.15, 0.2) is 57.7 Å². The second-order valence-electron chi connectivity index (χ2n) is 5.72. The third-order valence-corrected chi connectivity index (χ3v) is 5.39. The molecule has 2 amide bonds. The molecule has 6 nitrogen and oxygen atoms in total. The molecule has 0 radical (unpaired) electrons. The minimum absolute atomic E-state index is 0.122. The molecule has 138 valence electrons. The predicted molar refractivity (Wildman–Crippen MR) is 98.7 cm³/mol. The summed E-state index contributed by atoms with van der Waals surface area (Å²) in [6.45, 7) is 1.97. The standard InChI is InChI=1S/C19H16FN3O3S/c1-2-16-18(25)23(13-7-5-12(20)6-8-13)19(27-16)15(10-21)17(24)22-11-14-4-3-9-26-14/h3-9,16H,2,11H2,1H3,(H,22,24)/b19-15+/t16-/m1/s1. The maximum absolute atomic E-state index is 13.3. The fourth-order valence-corrected chi connectivity index (χ4v) is 3.81. The number of carbonyl (C=O) groups is 2. The van der Waals surface area contributed by atoms with Crippen molar-refractivity contribution >= 4 is 29.3 Å². The van der Waals surface area contributed by atoms with Gasteiger partial charge in [-0.05, 0) is 42.8 Å². The van der Waals surface area contributed by atoms with E-state index in [0.29, 0.717) is 17.9 Å². The summed E-state index contributed by atoms with van der Waals surface area (Å²) in [5.74, 6) is -0.737. The Balaban J connectivity index is 1.94. The van der Waals surface area contributed by atoms with Crippen LogP contribution in [0, 0.1) is 17.1 Å². The van der Waals surface area contributed by atoms with Crippen LogP contribution in [0.3, 0.4) is 0 Å². The number of hydrogen-bond acceptors (Lipinski definition) is 5. The van der Waals surface area contributed by atoms with Crippen LogP contribution >= 0.6 is 11.8 Å².